The first-order chi connectivity index (χ1) is 6.25. The van der Waals surface area contributed by atoms with E-state index in [1.54, 1.807) is 0 Å². The Labute approximate surface area is 89.4 Å². The second-order valence-electron chi connectivity index (χ2n) is 3.43. The normalized spacial score (nSPS) is 20.1. The van der Waals surface area contributed by atoms with Gasteiger partial charge in [0.2, 0.25) is 0 Å². The minimum Gasteiger partial charge on any atom is -0.396 e. The molecule has 1 unspecified atom stereocenters. The Bertz CT molecular complexity index is 181. The van der Waals surface area contributed by atoms with Gasteiger partial charge in [-0.25, -0.2) is 0 Å². The van der Waals surface area contributed by atoms with Crippen molar-refractivity contribution in [1.82, 2.24) is 0 Å². The smallest absolute Gasteiger partial charge is 0.0436 e. The van der Waals surface area contributed by atoms with Crippen LogP contribution in [0, 0.1) is 5.92 Å². The van der Waals surface area contributed by atoms with Gasteiger partial charge in [-0.15, -0.1) is 23.5 Å². The zero-order chi connectivity index (χ0) is 9.68. The fourth-order valence-electron chi connectivity index (χ4n) is 1.27. The summed E-state index contributed by atoms with van der Waals surface area (Å²) in [5, 5.41) is 8.85. The molecule has 1 N–H and O–H groups in total. The summed E-state index contributed by atoms with van der Waals surface area (Å²) in [5.74, 6) is 3.08. The largest absolute Gasteiger partial charge is 0.396 e. The number of rotatable bonds is 3. The van der Waals surface area contributed by atoms with Gasteiger partial charge in [0.1, 0.15) is 0 Å². The summed E-state index contributed by atoms with van der Waals surface area (Å²) in [6, 6.07) is 0. The van der Waals surface area contributed by atoms with Crippen LogP contribution in [0.15, 0.2) is 9.81 Å². The fraction of sp³-hybridized carbons (Fsp3) is 0.800. The lowest BCUT2D eigenvalue weighted by Crippen LogP contribution is -2.03. The average molecular weight is 218 g/mol. The van der Waals surface area contributed by atoms with Gasteiger partial charge in [0.25, 0.3) is 0 Å². The van der Waals surface area contributed by atoms with Crippen LogP contribution in [-0.2, 0) is 0 Å². The molecule has 0 aromatic carbocycles. The second kappa shape index (κ2) is 5.99. The Morgan fingerprint density at radius 3 is 2.62 bits per heavy atom. The summed E-state index contributed by atoms with van der Waals surface area (Å²) in [6.07, 6.45) is 2.23. The number of allylic oxidation sites excluding steroid dienone is 1. The quantitative estimate of drug-likeness (QED) is 0.786. The van der Waals surface area contributed by atoms with Crippen molar-refractivity contribution in [2.24, 2.45) is 5.92 Å². The molecule has 0 aliphatic carbocycles. The topological polar surface area (TPSA) is 20.2 Å². The molecule has 0 amide bonds. The number of hydrogen-bond acceptors (Lipinski definition) is 3. The molecule has 3 heteroatoms. The van der Waals surface area contributed by atoms with Crippen molar-refractivity contribution in [3.63, 3.8) is 0 Å². The van der Waals surface area contributed by atoms with Gasteiger partial charge in [-0.2, -0.15) is 0 Å². The van der Waals surface area contributed by atoms with Crippen molar-refractivity contribution >= 4 is 23.5 Å². The monoisotopic (exact) mass is 218 g/mol. The molecule has 1 nitrogen and oxygen atoms in total. The van der Waals surface area contributed by atoms with Crippen LogP contribution in [-0.4, -0.2) is 23.2 Å². The molecule has 13 heavy (non-hydrogen) atoms. The lowest BCUT2D eigenvalue weighted by molar-refractivity contribution is 0.271. The Morgan fingerprint density at radius 1 is 1.46 bits per heavy atom. The first-order valence-electron chi connectivity index (χ1n) is 4.83. The van der Waals surface area contributed by atoms with E-state index < -0.39 is 0 Å². The standard InChI is InChI=1S/C10H18OS2/c1-8(4-5-11)9(2)10-12-6-3-7-13-10/h8,11H,3-7H2,1-2H3. The first-order valence-corrected chi connectivity index (χ1v) is 6.80. The summed E-state index contributed by atoms with van der Waals surface area (Å²) < 4.78 is 1.51. The van der Waals surface area contributed by atoms with Crippen LogP contribution >= 0.6 is 23.5 Å². The van der Waals surface area contributed by atoms with Gasteiger partial charge in [0.05, 0.1) is 0 Å². The van der Waals surface area contributed by atoms with Gasteiger partial charge < -0.3 is 5.11 Å². The molecule has 1 fully saturated rings. The van der Waals surface area contributed by atoms with E-state index in [4.69, 9.17) is 5.11 Å². The molecule has 1 aliphatic heterocycles. The predicted molar refractivity (Wildman–Crippen MR) is 63.1 cm³/mol. The maximum absolute atomic E-state index is 8.85. The van der Waals surface area contributed by atoms with E-state index in [1.165, 1.54) is 27.7 Å². The first kappa shape index (κ1) is 11.5. The van der Waals surface area contributed by atoms with Crippen molar-refractivity contribution in [2.75, 3.05) is 18.1 Å². The highest BCUT2D eigenvalue weighted by molar-refractivity contribution is 8.22. The second-order valence-corrected chi connectivity index (χ2v) is 5.90. The van der Waals surface area contributed by atoms with Crippen LogP contribution in [0.3, 0.4) is 0 Å². The van der Waals surface area contributed by atoms with E-state index >= 15 is 0 Å². The van der Waals surface area contributed by atoms with Crippen LogP contribution in [0.1, 0.15) is 26.7 Å². The molecule has 76 valence electrons. The Morgan fingerprint density at radius 2 is 2.08 bits per heavy atom. The third-order valence-electron chi connectivity index (χ3n) is 2.38. The van der Waals surface area contributed by atoms with Crippen molar-refractivity contribution in [3.8, 4) is 0 Å². The van der Waals surface area contributed by atoms with Gasteiger partial charge >= 0.3 is 0 Å². The third kappa shape index (κ3) is 3.56. The molecule has 0 aromatic rings. The van der Waals surface area contributed by atoms with Gasteiger partial charge in [-0.1, -0.05) is 12.5 Å². The van der Waals surface area contributed by atoms with Gasteiger partial charge in [0, 0.05) is 10.8 Å². The van der Waals surface area contributed by atoms with Gasteiger partial charge in [0.15, 0.2) is 0 Å². The fourth-order valence-corrected chi connectivity index (χ4v) is 4.09. The van der Waals surface area contributed by atoms with Gasteiger partial charge in [-0.3, -0.25) is 0 Å². The maximum atomic E-state index is 8.85. The number of hydrogen-bond donors (Lipinski definition) is 1. The summed E-state index contributed by atoms with van der Waals surface area (Å²) in [6.45, 7) is 4.72. The molecule has 0 saturated carbocycles. The number of aliphatic hydroxyl groups excluding tert-OH is 1. The average Bonchev–Trinajstić information content (AvgIpc) is 2.18. The highest BCUT2D eigenvalue weighted by Crippen LogP contribution is 2.39. The van der Waals surface area contributed by atoms with Crippen LogP contribution in [0.25, 0.3) is 0 Å². The molecule has 1 atom stereocenters. The van der Waals surface area contributed by atoms with E-state index in [0.29, 0.717) is 12.5 Å². The molecule has 0 spiro atoms. The van der Waals surface area contributed by atoms with Crippen molar-refractivity contribution in [3.05, 3.63) is 9.81 Å². The summed E-state index contributed by atoms with van der Waals surface area (Å²) >= 11 is 3.97. The van der Waals surface area contributed by atoms with E-state index in [1.807, 2.05) is 23.5 Å². The lowest BCUT2D eigenvalue weighted by Gasteiger charge is -2.19. The van der Waals surface area contributed by atoms with Crippen molar-refractivity contribution in [2.45, 2.75) is 26.7 Å². The molecule has 0 bridgehead atoms. The molecule has 0 radical (unpaired) electrons. The lowest BCUT2D eigenvalue weighted by atomic mass is 10.0. The van der Waals surface area contributed by atoms with Gasteiger partial charge in [-0.05, 0) is 37.2 Å². The molecule has 0 aromatic heterocycles. The van der Waals surface area contributed by atoms with Crippen LogP contribution in [0.4, 0.5) is 0 Å². The molecule has 1 saturated heterocycles. The number of aliphatic hydroxyl groups is 1. The summed E-state index contributed by atoms with van der Waals surface area (Å²) in [5.41, 5.74) is 1.48. The van der Waals surface area contributed by atoms with Crippen LogP contribution < -0.4 is 0 Å². The van der Waals surface area contributed by atoms with E-state index in [0.717, 1.165) is 6.42 Å². The zero-order valence-electron chi connectivity index (χ0n) is 8.38. The predicted octanol–water partition coefficient (Wildman–Crippen LogP) is 3.11. The van der Waals surface area contributed by atoms with E-state index in [2.05, 4.69) is 13.8 Å². The molecule has 1 rings (SSSR count). The highest BCUT2D eigenvalue weighted by atomic mass is 32.2. The maximum Gasteiger partial charge on any atom is 0.0436 e. The minimum absolute atomic E-state index is 0.307. The molecular weight excluding hydrogens is 200 g/mol. The number of thioether (sulfide) groups is 2. The van der Waals surface area contributed by atoms with Crippen molar-refractivity contribution in [1.29, 1.82) is 0 Å². The SMILES string of the molecule is CC(=C1SCCCS1)C(C)CCO. The highest BCUT2D eigenvalue weighted by Gasteiger charge is 2.13. The third-order valence-corrected chi connectivity index (χ3v) is 5.24. The minimum atomic E-state index is 0.307. The summed E-state index contributed by atoms with van der Waals surface area (Å²) in [7, 11) is 0. The Kier molecular flexibility index (Phi) is 5.29. The van der Waals surface area contributed by atoms with E-state index in [9.17, 15) is 0 Å². The Balaban J connectivity index is 2.54. The van der Waals surface area contributed by atoms with Crippen molar-refractivity contribution < 1.29 is 5.11 Å². The molecular formula is C10H18OS2. The van der Waals surface area contributed by atoms with Crippen LogP contribution in [0.2, 0.25) is 0 Å². The Hall–Kier alpha value is 0.400. The zero-order valence-corrected chi connectivity index (χ0v) is 10.0. The molecule has 1 aliphatic rings. The van der Waals surface area contributed by atoms with Crippen LogP contribution in [0.5, 0.6) is 0 Å². The van der Waals surface area contributed by atoms with E-state index in [-0.39, 0.29) is 0 Å². The molecule has 1 heterocycles. The summed E-state index contributed by atoms with van der Waals surface area (Å²) in [4.78, 5) is 0.